The molecule has 5 nitrogen and oxygen atoms in total. The number of para-hydroxylation sites is 1. The fourth-order valence-electron chi connectivity index (χ4n) is 2.16. The Morgan fingerprint density at radius 1 is 1.57 bits per heavy atom. The Bertz CT molecular complexity index is 496. The number of hydrogen-bond acceptors (Lipinski definition) is 4. The molecule has 1 fully saturated rings. The van der Waals surface area contributed by atoms with Crippen LogP contribution in [0.5, 0.6) is 5.75 Å². The molecule has 0 radical (unpaired) electrons. The van der Waals surface area contributed by atoms with Crippen LogP contribution in [0.1, 0.15) is 19.8 Å². The van der Waals surface area contributed by atoms with E-state index in [4.69, 9.17) is 21.1 Å². The van der Waals surface area contributed by atoms with Gasteiger partial charge in [-0.2, -0.15) is 0 Å². The van der Waals surface area contributed by atoms with E-state index in [1.54, 1.807) is 19.1 Å². The minimum Gasteiger partial charge on any atom is -0.491 e. The van der Waals surface area contributed by atoms with E-state index in [1.165, 1.54) is 0 Å². The number of benzene rings is 1. The van der Waals surface area contributed by atoms with Gasteiger partial charge in [-0.1, -0.05) is 23.7 Å². The molecule has 0 aromatic heterocycles. The maximum Gasteiger partial charge on any atom is 0.223 e. The van der Waals surface area contributed by atoms with Crippen LogP contribution in [0.15, 0.2) is 24.3 Å². The van der Waals surface area contributed by atoms with Crippen molar-refractivity contribution in [3.8, 4) is 5.75 Å². The second-order valence-corrected chi connectivity index (χ2v) is 5.58. The van der Waals surface area contributed by atoms with Crippen molar-refractivity contribution in [2.24, 2.45) is 0 Å². The van der Waals surface area contributed by atoms with Crippen molar-refractivity contribution in [3.05, 3.63) is 29.3 Å². The molecule has 1 aromatic rings. The summed E-state index contributed by atoms with van der Waals surface area (Å²) in [6.45, 7) is 2.75. The monoisotopic (exact) mass is 313 g/mol. The standard InChI is InChI=1S/C15H20ClNO4/c1-11-15(19,7-9-20-11)10-17-14(18)6-8-21-13-5-3-2-4-12(13)16/h2-5,11,19H,6-10H2,1H3,(H,17,18). The van der Waals surface area contributed by atoms with E-state index in [0.29, 0.717) is 23.8 Å². The second kappa shape index (κ2) is 7.11. The molecule has 0 aliphatic carbocycles. The molecule has 0 bridgehead atoms. The van der Waals surface area contributed by atoms with Gasteiger partial charge in [-0.25, -0.2) is 0 Å². The molecule has 2 rings (SSSR count). The molecule has 6 heteroatoms. The fourth-order valence-corrected chi connectivity index (χ4v) is 2.35. The highest BCUT2D eigenvalue weighted by Gasteiger charge is 2.39. The van der Waals surface area contributed by atoms with E-state index in [-0.39, 0.29) is 31.6 Å². The van der Waals surface area contributed by atoms with Crippen LogP contribution in [0.4, 0.5) is 0 Å². The van der Waals surface area contributed by atoms with Crippen LogP contribution in [-0.4, -0.2) is 42.5 Å². The number of halogens is 1. The molecule has 116 valence electrons. The van der Waals surface area contributed by atoms with Gasteiger partial charge in [0.15, 0.2) is 0 Å². The third-order valence-electron chi connectivity index (χ3n) is 3.67. The van der Waals surface area contributed by atoms with Gasteiger partial charge in [0.1, 0.15) is 11.4 Å². The summed E-state index contributed by atoms with van der Waals surface area (Å²) >= 11 is 5.95. The van der Waals surface area contributed by atoms with Crippen molar-refractivity contribution in [2.45, 2.75) is 31.5 Å². The van der Waals surface area contributed by atoms with Crippen molar-refractivity contribution >= 4 is 17.5 Å². The molecule has 21 heavy (non-hydrogen) atoms. The minimum absolute atomic E-state index is 0.172. The van der Waals surface area contributed by atoms with Crippen LogP contribution in [0, 0.1) is 0 Å². The number of amides is 1. The zero-order chi connectivity index (χ0) is 15.3. The summed E-state index contributed by atoms with van der Waals surface area (Å²) in [6, 6.07) is 7.11. The van der Waals surface area contributed by atoms with Crippen molar-refractivity contribution < 1.29 is 19.4 Å². The summed E-state index contributed by atoms with van der Waals surface area (Å²) in [7, 11) is 0. The van der Waals surface area contributed by atoms with Crippen molar-refractivity contribution in [3.63, 3.8) is 0 Å². The average molecular weight is 314 g/mol. The lowest BCUT2D eigenvalue weighted by atomic mass is 9.97. The van der Waals surface area contributed by atoms with Gasteiger partial charge in [0.2, 0.25) is 5.91 Å². The van der Waals surface area contributed by atoms with E-state index in [2.05, 4.69) is 5.32 Å². The number of aliphatic hydroxyl groups is 1. The summed E-state index contributed by atoms with van der Waals surface area (Å²) < 4.78 is 10.8. The molecule has 1 aliphatic heterocycles. The van der Waals surface area contributed by atoms with E-state index < -0.39 is 5.60 Å². The second-order valence-electron chi connectivity index (χ2n) is 5.17. The molecule has 2 atom stereocenters. The Morgan fingerprint density at radius 2 is 2.33 bits per heavy atom. The van der Waals surface area contributed by atoms with Gasteiger partial charge in [0.25, 0.3) is 0 Å². The number of carbonyl (C=O) groups excluding carboxylic acids is 1. The number of nitrogens with one attached hydrogen (secondary N) is 1. The molecule has 2 unspecified atom stereocenters. The van der Waals surface area contributed by atoms with Crippen LogP contribution < -0.4 is 10.1 Å². The predicted octanol–water partition coefficient (Wildman–Crippen LogP) is 1.76. The van der Waals surface area contributed by atoms with E-state index in [0.717, 1.165) is 0 Å². The molecule has 1 aromatic carbocycles. The maximum atomic E-state index is 11.7. The summed E-state index contributed by atoms with van der Waals surface area (Å²) in [5.74, 6) is 0.387. The molecular weight excluding hydrogens is 294 g/mol. The minimum atomic E-state index is -0.973. The maximum absolute atomic E-state index is 11.7. The summed E-state index contributed by atoms with van der Waals surface area (Å²) in [5, 5.41) is 13.5. The Kier molecular flexibility index (Phi) is 5.45. The number of rotatable bonds is 6. The van der Waals surface area contributed by atoms with Gasteiger partial charge >= 0.3 is 0 Å². The highest BCUT2D eigenvalue weighted by molar-refractivity contribution is 6.32. The SMILES string of the molecule is CC1OCCC1(O)CNC(=O)CCOc1ccccc1Cl. The zero-order valence-electron chi connectivity index (χ0n) is 12.0. The highest BCUT2D eigenvalue weighted by atomic mass is 35.5. The largest absolute Gasteiger partial charge is 0.491 e. The number of hydrogen-bond donors (Lipinski definition) is 2. The Hall–Kier alpha value is -1.30. The van der Waals surface area contributed by atoms with Crippen molar-refractivity contribution in [1.29, 1.82) is 0 Å². The molecular formula is C15H20ClNO4. The first-order valence-electron chi connectivity index (χ1n) is 6.99. The summed E-state index contributed by atoms with van der Waals surface area (Å²) in [5.41, 5.74) is -0.973. The lowest BCUT2D eigenvalue weighted by Gasteiger charge is -2.26. The van der Waals surface area contributed by atoms with Gasteiger partial charge in [0, 0.05) is 19.6 Å². The van der Waals surface area contributed by atoms with Gasteiger partial charge < -0.3 is 19.9 Å². The van der Waals surface area contributed by atoms with Crippen LogP contribution in [-0.2, 0) is 9.53 Å². The fraction of sp³-hybridized carbons (Fsp3) is 0.533. The lowest BCUT2D eigenvalue weighted by Crippen LogP contribution is -2.47. The number of ether oxygens (including phenoxy) is 2. The van der Waals surface area contributed by atoms with E-state index in [9.17, 15) is 9.90 Å². The molecule has 0 spiro atoms. The summed E-state index contributed by atoms with van der Waals surface area (Å²) in [6.07, 6.45) is 0.471. The topological polar surface area (TPSA) is 67.8 Å². The van der Waals surface area contributed by atoms with Gasteiger partial charge in [-0.15, -0.1) is 0 Å². The smallest absolute Gasteiger partial charge is 0.223 e. The van der Waals surface area contributed by atoms with Crippen LogP contribution in [0.3, 0.4) is 0 Å². The average Bonchev–Trinajstić information content (AvgIpc) is 2.79. The molecule has 2 N–H and O–H groups in total. The molecule has 1 saturated heterocycles. The summed E-state index contributed by atoms with van der Waals surface area (Å²) in [4.78, 5) is 11.7. The Labute approximate surface area is 129 Å². The molecule has 1 amide bonds. The van der Waals surface area contributed by atoms with E-state index in [1.807, 2.05) is 12.1 Å². The quantitative estimate of drug-likeness (QED) is 0.840. The third-order valence-corrected chi connectivity index (χ3v) is 3.99. The Morgan fingerprint density at radius 3 is 3.00 bits per heavy atom. The van der Waals surface area contributed by atoms with Gasteiger partial charge in [-0.3, -0.25) is 4.79 Å². The zero-order valence-corrected chi connectivity index (χ0v) is 12.7. The lowest BCUT2D eigenvalue weighted by molar-refractivity contribution is -0.123. The van der Waals surface area contributed by atoms with Gasteiger partial charge in [0.05, 0.1) is 24.2 Å². The van der Waals surface area contributed by atoms with Crippen molar-refractivity contribution in [1.82, 2.24) is 5.32 Å². The van der Waals surface area contributed by atoms with Crippen molar-refractivity contribution in [2.75, 3.05) is 19.8 Å². The first-order chi connectivity index (χ1) is 10.0. The van der Waals surface area contributed by atoms with E-state index >= 15 is 0 Å². The molecule has 1 aliphatic rings. The predicted molar refractivity (Wildman–Crippen MR) is 79.6 cm³/mol. The normalized spacial score (nSPS) is 24.8. The molecule has 1 heterocycles. The first-order valence-corrected chi connectivity index (χ1v) is 7.37. The highest BCUT2D eigenvalue weighted by Crippen LogP contribution is 2.25. The van der Waals surface area contributed by atoms with Gasteiger partial charge in [-0.05, 0) is 19.1 Å². The van der Waals surface area contributed by atoms with Crippen LogP contribution in [0.25, 0.3) is 0 Å². The first kappa shape index (κ1) is 16.1. The number of carbonyl (C=O) groups is 1. The van der Waals surface area contributed by atoms with Crippen LogP contribution in [0.2, 0.25) is 5.02 Å². The van der Waals surface area contributed by atoms with Crippen LogP contribution >= 0.6 is 11.6 Å². The third kappa shape index (κ3) is 4.33. The Balaban J connectivity index is 1.70. The molecule has 0 saturated carbocycles.